The van der Waals surface area contributed by atoms with Crippen molar-refractivity contribution in [3.05, 3.63) is 77.2 Å². The zero-order valence-electron chi connectivity index (χ0n) is 18.3. The molecule has 1 atom stereocenters. The Labute approximate surface area is 191 Å². The van der Waals surface area contributed by atoms with Crippen molar-refractivity contribution < 1.29 is 24.0 Å². The zero-order valence-corrected chi connectivity index (χ0v) is 18.3. The number of nitrogens with zero attached hydrogens (tertiary/aromatic N) is 2. The molecule has 2 N–H and O–H groups in total. The number of rotatable bonds is 9. The van der Waals surface area contributed by atoms with Crippen LogP contribution in [0.2, 0.25) is 0 Å². The highest BCUT2D eigenvalue weighted by Crippen LogP contribution is 2.23. The molecule has 1 saturated heterocycles. The van der Waals surface area contributed by atoms with E-state index in [4.69, 9.17) is 9.15 Å². The lowest BCUT2D eigenvalue weighted by Crippen LogP contribution is -2.24. The van der Waals surface area contributed by atoms with Gasteiger partial charge in [0.05, 0.1) is 11.4 Å². The Hall–Kier alpha value is -3.94. The number of hydrogen-bond acceptors (Lipinski definition) is 7. The number of oxazole rings is 1. The van der Waals surface area contributed by atoms with Gasteiger partial charge < -0.3 is 14.4 Å². The van der Waals surface area contributed by atoms with E-state index in [-0.39, 0.29) is 5.91 Å². The summed E-state index contributed by atoms with van der Waals surface area (Å²) in [7, 11) is 0. The van der Waals surface area contributed by atoms with Gasteiger partial charge in [-0.05, 0) is 62.3 Å². The molecule has 0 saturated carbocycles. The summed E-state index contributed by atoms with van der Waals surface area (Å²) >= 11 is 0. The second-order valence-corrected chi connectivity index (χ2v) is 7.91. The van der Waals surface area contributed by atoms with Gasteiger partial charge in [-0.15, -0.1) is 0 Å². The Morgan fingerprint density at radius 1 is 1.09 bits per heavy atom. The number of benzene rings is 2. The van der Waals surface area contributed by atoms with Crippen molar-refractivity contribution in [1.82, 2.24) is 10.3 Å². The second kappa shape index (κ2) is 10.1. The minimum Gasteiger partial charge on any atom is -0.441 e. The average molecular weight is 447 g/mol. The maximum atomic E-state index is 11.5. The van der Waals surface area contributed by atoms with E-state index in [0.29, 0.717) is 37.3 Å². The number of nitrogens with one attached hydrogen (secondary N) is 1. The van der Waals surface area contributed by atoms with E-state index < -0.39 is 12.2 Å². The smallest absolute Gasteiger partial charge is 0.414 e. The number of cyclic esters (lactones) is 1. The van der Waals surface area contributed by atoms with Gasteiger partial charge in [0.25, 0.3) is 5.91 Å². The monoisotopic (exact) mass is 447 g/mol. The first-order chi connectivity index (χ1) is 16.0. The molecule has 1 aromatic heterocycles. The van der Waals surface area contributed by atoms with Crippen LogP contribution in [-0.4, -0.2) is 34.0 Å². The molecule has 2 aromatic carbocycles. The third kappa shape index (κ3) is 5.46. The Morgan fingerprint density at radius 3 is 2.52 bits per heavy atom. The van der Waals surface area contributed by atoms with Crippen LogP contribution in [0.15, 0.2) is 64.2 Å². The molecule has 0 aliphatic carbocycles. The van der Waals surface area contributed by atoms with Gasteiger partial charge in [0.2, 0.25) is 5.89 Å². The molecule has 0 radical (unpaired) electrons. The highest BCUT2D eigenvalue weighted by atomic mass is 16.6. The van der Waals surface area contributed by atoms with Crippen LogP contribution in [0.5, 0.6) is 0 Å². The Morgan fingerprint density at radius 2 is 1.85 bits per heavy atom. The largest absolute Gasteiger partial charge is 0.441 e. The van der Waals surface area contributed by atoms with E-state index in [0.717, 1.165) is 34.6 Å². The van der Waals surface area contributed by atoms with Crippen molar-refractivity contribution in [1.29, 1.82) is 0 Å². The SMILES string of the molecule is Cc1oc(-c2ccccc2)nc1CC/C(=N\O)c1ccc(CCCC2OC(=O)NC2=O)cc1. The normalized spacial score (nSPS) is 16.0. The van der Waals surface area contributed by atoms with Crippen LogP contribution in [0.25, 0.3) is 11.5 Å². The second-order valence-electron chi connectivity index (χ2n) is 7.91. The van der Waals surface area contributed by atoms with Crippen LogP contribution in [0, 0.1) is 6.92 Å². The Bertz CT molecular complexity index is 1150. The molecule has 4 rings (SSSR count). The van der Waals surface area contributed by atoms with Crippen LogP contribution in [0.4, 0.5) is 4.79 Å². The molecule has 2 heterocycles. The van der Waals surface area contributed by atoms with Crippen molar-refractivity contribution in [2.45, 2.75) is 45.1 Å². The first-order valence-electron chi connectivity index (χ1n) is 10.9. The maximum Gasteiger partial charge on any atom is 0.414 e. The van der Waals surface area contributed by atoms with E-state index in [2.05, 4.69) is 15.5 Å². The fourth-order valence-corrected chi connectivity index (χ4v) is 3.79. The first-order valence-corrected chi connectivity index (χ1v) is 10.9. The van der Waals surface area contributed by atoms with Crippen LogP contribution in [-0.2, 0) is 22.4 Å². The molecule has 170 valence electrons. The predicted octanol–water partition coefficient (Wildman–Crippen LogP) is 4.42. The van der Waals surface area contributed by atoms with Gasteiger partial charge in [-0.3, -0.25) is 10.1 Å². The van der Waals surface area contributed by atoms with Gasteiger partial charge in [0.15, 0.2) is 6.10 Å². The van der Waals surface area contributed by atoms with Gasteiger partial charge in [0, 0.05) is 5.56 Å². The highest BCUT2D eigenvalue weighted by molar-refractivity contribution is 6.00. The minimum absolute atomic E-state index is 0.377. The quantitative estimate of drug-likeness (QED) is 0.285. The van der Waals surface area contributed by atoms with Gasteiger partial charge in [-0.2, -0.15) is 0 Å². The van der Waals surface area contributed by atoms with E-state index in [1.165, 1.54) is 0 Å². The number of carbonyl (C=O) groups is 2. The van der Waals surface area contributed by atoms with Gasteiger partial charge in [-0.1, -0.05) is 47.6 Å². The van der Waals surface area contributed by atoms with Crippen molar-refractivity contribution in [3.63, 3.8) is 0 Å². The van der Waals surface area contributed by atoms with Crippen molar-refractivity contribution in [2.75, 3.05) is 0 Å². The molecular formula is C25H25N3O5. The molecule has 33 heavy (non-hydrogen) atoms. The third-order valence-corrected chi connectivity index (χ3v) is 5.62. The standard InChI is InChI=1S/C25H25N3O5/c1-16-20(26-24(32-16)19-7-3-2-4-8-19)14-15-21(28-31)18-12-10-17(11-13-18)6-5-9-22-23(29)27-25(30)33-22/h2-4,7-8,10-13,22,31H,5-6,9,14-15H2,1H3,(H,27,29,30)/b28-21+. The summed E-state index contributed by atoms with van der Waals surface area (Å²) in [6.07, 6.45) is 1.65. The fraction of sp³-hybridized carbons (Fsp3) is 0.280. The van der Waals surface area contributed by atoms with Gasteiger partial charge >= 0.3 is 6.09 Å². The lowest BCUT2D eigenvalue weighted by atomic mass is 10.00. The molecule has 2 amide bonds. The Balaban J connectivity index is 1.31. The van der Waals surface area contributed by atoms with Gasteiger partial charge in [-0.25, -0.2) is 9.78 Å². The fourth-order valence-electron chi connectivity index (χ4n) is 3.79. The number of oxime groups is 1. The summed E-state index contributed by atoms with van der Waals surface area (Å²) in [5.41, 5.74) is 4.24. The van der Waals surface area contributed by atoms with Crippen molar-refractivity contribution in [2.24, 2.45) is 5.16 Å². The highest BCUT2D eigenvalue weighted by Gasteiger charge is 2.31. The lowest BCUT2D eigenvalue weighted by molar-refractivity contribution is -0.123. The minimum atomic E-state index is -0.702. The van der Waals surface area contributed by atoms with E-state index >= 15 is 0 Å². The average Bonchev–Trinajstić information content (AvgIpc) is 3.36. The molecule has 1 unspecified atom stereocenters. The molecule has 8 nitrogen and oxygen atoms in total. The molecule has 0 bridgehead atoms. The van der Waals surface area contributed by atoms with Crippen molar-refractivity contribution in [3.8, 4) is 11.5 Å². The molecule has 1 aliphatic rings. The summed E-state index contributed by atoms with van der Waals surface area (Å²) in [6, 6.07) is 17.5. The van der Waals surface area contributed by atoms with Crippen LogP contribution >= 0.6 is 0 Å². The van der Waals surface area contributed by atoms with E-state index in [9.17, 15) is 14.8 Å². The number of carbonyl (C=O) groups excluding carboxylic acids is 2. The van der Waals surface area contributed by atoms with Crippen LogP contribution in [0.1, 0.15) is 41.8 Å². The van der Waals surface area contributed by atoms with Crippen LogP contribution in [0.3, 0.4) is 0 Å². The van der Waals surface area contributed by atoms with E-state index in [1.807, 2.05) is 61.5 Å². The number of amides is 2. The number of aromatic nitrogens is 1. The van der Waals surface area contributed by atoms with Crippen molar-refractivity contribution >= 4 is 17.7 Å². The van der Waals surface area contributed by atoms with E-state index in [1.54, 1.807) is 0 Å². The number of imide groups is 1. The summed E-state index contributed by atoms with van der Waals surface area (Å²) in [6.45, 7) is 1.88. The third-order valence-electron chi connectivity index (χ3n) is 5.62. The molecule has 8 heteroatoms. The first kappa shape index (κ1) is 22.3. The van der Waals surface area contributed by atoms with Gasteiger partial charge in [0.1, 0.15) is 5.76 Å². The summed E-state index contributed by atoms with van der Waals surface area (Å²) in [4.78, 5) is 27.2. The number of ether oxygens (including phenoxy) is 1. The topological polar surface area (TPSA) is 114 Å². The summed E-state index contributed by atoms with van der Waals surface area (Å²) in [5, 5.41) is 15.2. The zero-order chi connectivity index (χ0) is 23.2. The summed E-state index contributed by atoms with van der Waals surface area (Å²) < 4.78 is 10.7. The number of alkyl carbamates (subject to hydrolysis) is 1. The molecule has 1 fully saturated rings. The maximum absolute atomic E-state index is 11.5. The predicted molar refractivity (Wildman–Crippen MR) is 121 cm³/mol. The lowest BCUT2D eigenvalue weighted by Gasteiger charge is -2.08. The molecular weight excluding hydrogens is 422 g/mol. The Kier molecular flexibility index (Phi) is 6.83. The molecule has 1 aliphatic heterocycles. The molecule has 3 aromatic rings. The summed E-state index contributed by atoms with van der Waals surface area (Å²) in [5.74, 6) is 0.959. The number of hydrogen-bond donors (Lipinski definition) is 2. The number of aryl methyl sites for hydroxylation is 3. The van der Waals surface area contributed by atoms with Crippen LogP contribution < -0.4 is 5.32 Å². The molecule has 0 spiro atoms.